The first-order valence-electron chi connectivity index (χ1n) is 7.21. The lowest BCUT2D eigenvalue weighted by molar-refractivity contribution is -0.119. The molecule has 0 heterocycles. The van der Waals surface area contributed by atoms with Crippen LogP contribution in [0.3, 0.4) is 0 Å². The van der Waals surface area contributed by atoms with Crippen LogP contribution in [0, 0.1) is 0 Å². The molecule has 0 bridgehead atoms. The number of benzene rings is 2. The number of sulfone groups is 1. The first-order chi connectivity index (χ1) is 11.8. The van der Waals surface area contributed by atoms with Gasteiger partial charge in [0.25, 0.3) is 5.91 Å². The highest BCUT2D eigenvalue weighted by Crippen LogP contribution is 2.18. The van der Waals surface area contributed by atoms with E-state index in [0.717, 1.165) is 6.26 Å². The maximum atomic E-state index is 12.1. The number of ether oxygens (including phenoxy) is 2. The maximum Gasteiger partial charge on any atom is 0.339 e. The summed E-state index contributed by atoms with van der Waals surface area (Å²) in [6, 6.07) is 12.3. The van der Waals surface area contributed by atoms with Gasteiger partial charge >= 0.3 is 5.97 Å². The van der Waals surface area contributed by atoms with Crippen LogP contribution in [-0.4, -0.2) is 40.3 Å². The Morgan fingerprint density at radius 3 is 2.48 bits per heavy atom. The summed E-state index contributed by atoms with van der Waals surface area (Å²) >= 11 is 0. The molecular weight excluding hydrogens is 346 g/mol. The maximum absolute atomic E-state index is 12.1. The van der Waals surface area contributed by atoms with Gasteiger partial charge in [0, 0.05) is 18.0 Å². The zero-order valence-corrected chi connectivity index (χ0v) is 14.5. The number of amides is 1. The first kappa shape index (κ1) is 18.5. The predicted octanol–water partition coefficient (Wildman–Crippen LogP) is 1.89. The van der Waals surface area contributed by atoms with E-state index in [2.05, 4.69) is 5.32 Å². The molecule has 0 spiro atoms. The van der Waals surface area contributed by atoms with Crippen LogP contribution in [0.25, 0.3) is 0 Å². The van der Waals surface area contributed by atoms with Gasteiger partial charge < -0.3 is 14.8 Å². The van der Waals surface area contributed by atoms with Crippen molar-refractivity contribution in [2.45, 2.75) is 4.90 Å². The normalized spacial score (nSPS) is 10.8. The molecule has 0 aliphatic heterocycles. The number of methoxy groups -OCH3 is 1. The van der Waals surface area contributed by atoms with E-state index in [1.54, 1.807) is 24.3 Å². The molecule has 132 valence electrons. The lowest BCUT2D eigenvalue weighted by Crippen LogP contribution is -2.21. The standard InChI is InChI=1S/C17H17NO6S/c1-23-13-7-5-6-12(10-13)18-16(19)11-24-17(20)14-8-3-4-9-15(14)25(2,21)22/h3-10H,11H2,1-2H3,(H,18,19). The summed E-state index contributed by atoms with van der Waals surface area (Å²) in [6.07, 6.45) is 0.995. The van der Waals surface area contributed by atoms with Crippen LogP contribution < -0.4 is 10.1 Å². The zero-order valence-electron chi connectivity index (χ0n) is 13.7. The number of anilines is 1. The lowest BCUT2D eigenvalue weighted by Gasteiger charge is -2.09. The third-order valence-electron chi connectivity index (χ3n) is 3.19. The first-order valence-corrected chi connectivity index (χ1v) is 9.10. The summed E-state index contributed by atoms with van der Waals surface area (Å²) in [5.41, 5.74) is 0.371. The van der Waals surface area contributed by atoms with E-state index in [1.807, 2.05) is 0 Å². The Morgan fingerprint density at radius 1 is 1.08 bits per heavy atom. The number of hydrogen-bond donors (Lipinski definition) is 1. The van der Waals surface area contributed by atoms with Gasteiger partial charge in [-0.2, -0.15) is 0 Å². The molecule has 1 N–H and O–H groups in total. The molecule has 0 aliphatic rings. The highest BCUT2D eigenvalue weighted by atomic mass is 32.2. The van der Waals surface area contributed by atoms with Crippen LogP contribution in [0.1, 0.15) is 10.4 Å². The molecule has 2 aromatic rings. The van der Waals surface area contributed by atoms with Gasteiger partial charge in [-0.05, 0) is 24.3 Å². The second kappa shape index (κ2) is 7.80. The molecule has 0 saturated heterocycles. The molecule has 1 amide bonds. The minimum Gasteiger partial charge on any atom is -0.497 e. The fraction of sp³-hybridized carbons (Fsp3) is 0.176. The van der Waals surface area contributed by atoms with E-state index in [4.69, 9.17) is 9.47 Å². The summed E-state index contributed by atoms with van der Waals surface area (Å²) in [5, 5.41) is 2.55. The highest BCUT2D eigenvalue weighted by molar-refractivity contribution is 7.90. The van der Waals surface area contributed by atoms with Crippen molar-refractivity contribution in [3.63, 3.8) is 0 Å². The zero-order chi connectivity index (χ0) is 18.4. The highest BCUT2D eigenvalue weighted by Gasteiger charge is 2.20. The van der Waals surface area contributed by atoms with Crippen molar-refractivity contribution in [1.29, 1.82) is 0 Å². The van der Waals surface area contributed by atoms with Gasteiger partial charge in [-0.3, -0.25) is 4.79 Å². The monoisotopic (exact) mass is 363 g/mol. The van der Waals surface area contributed by atoms with E-state index in [-0.39, 0.29) is 10.5 Å². The van der Waals surface area contributed by atoms with Crippen molar-refractivity contribution in [1.82, 2.24) is 0 Å². The van der Waals surface area contributed by atoms with Gasteiger partial charge in [0.1, 0.15) is 5.75 Å². The third kappa shape index (κ3) is 5.05. The fourth-order valence-corrected chi connectivity index (χ4v) is 2.94. The number of nitrogens with one attached hydrogen (secondary N) is 1. The Hall–Kier alpha value is -2.87. The molecule has 8 heteroatoms. The van der Waals surface area contributed by atoms with Crippen LogP contribution in [-0.2, 0) is 19.4 Å². The van der Waals surface area contributed by atoms with Crippen molar-refractivity contribution < 1.29 is 27.5 Å². The van der Waals surface area contributed by atoms with Crippen LogP contribution in [0.5, 0.6) is 5.75 Å². The van der Waals surface area contributed by atoms with Gasteiger partial charge in [-0.1, -0.05) is 18.2 Å². The predicted molar refractivity (Wildman–Crippen MR) is 91.5 cm³/mol. The second-order valence-electron chi connectivity index (χ2n) is 5.12. The number of esters is 1. The minimum atomic E-state index is -3.59. The minimum absolute atomic E-state index is 0.112. The number of hydrogen-bond acceptors (Lipinski definition) is 6. The van der Waals surface area contributed by atoms with Gasteiger partial charge in [0.15, 0.2) is 16.4 Å². The quantitative estimate of drug-likeness (QED) is 0.787. The SMILES string of the molecule is COc1cccc(NC(=O)COC(=O)c2ccccc2S(C)(=O)=O)c1. The van der Waals surface area contributed by atoms with Gasteiger partial charge in [0.2, 0.25) is 0 Å². The molecule has 0 saturated carbocycles. The Kier molecular flexibility index (Phi) is 5.76. The molecule has 0 fully saturated rings. The summed E-state index contributed by atoms with van der Waals surface area (Å²) in [4.78, 5) is 23.8. The molecule has 2 aromatic carbocycles. The van der Waals surface area contributed by atoms with E-state index in [9.17, 15) is 18.0 Å². The molecular formula is C17H17NO6S. The average Bonchev–Trinajstić information content (AvgIpc) is 2.59. The third-order valence-corrected chi connectivity index (χ3v) is 4.35. The van der Waals surface area contributed by atoms with Crippen molar-refractivity contribution in [3.8, 4) is 5.75 Å². The average molecular weight is 363 g/mol. The summed E-state index contributed by atoms with van der Waals surface area (Å²) in [7, 11) is -2.09. The Morgan fingerprint density at radius 2 is 1.80 bits per heavy atom. The molecule has 7 nitrogen and oxygen atoms in total. The Balaban J connectivity index is 2.02. The molecule has 25 heavy (non-hydrogen) atoms. The van der Waals surface area contributed by atoms with E-state index < -0.39 is 28.3 Å². The molecule has 0 aromatic heterocycles. The summed E-state index contributed by atoms with van der Waals surface area (Å²) in [5.74, 6) is -0.878. The molecule has 0 radical (unpaired) electrons. The van der Waals surface area contributed by atoms with E-state index >= 15 is 0 Å². The number of carbonyl (C=O) groups is 2. The largest absolute Gasteiger partial charge is 0.497 e. The Bertz CT molecular complexity index is 892. The van der Waals surface area contributed by atoms with Crippen LogP contribution in [0.2, 0.25) is 0 Å². The van der Waals surface area contributed by atoms with Gasteiger partial charge in [0.05, 0.1) is 17.6 Å². The van der Waals surface area contributed by atoms with E-state index in [1.165, 1.54) is 31.4 Å². The molecule has 0 atom stereocenters. The summed E-state index contributed by atoms with van der Waals surface area (Å²) in [6.45, 7) is -0.547. The Labute approximate surface area is 145 Å². The molecule has 0 unspecified atom stereocenters. The summed E-state index contributed by atoms with van der Waals surface area (Å²) < 4.78 is 33.3. The van der Waals surface area contributed by atoms with E-state index in [0.29, 0.717) is 11.4 Å². The van der Waals surface area contributed by atoms with Crippen molar-refractivity contribution in [2.75, 3.05) is 25.3 Å². The van der Waals surface area contributed by atoms with Crippen LogP contribution in [0.15, 0.2) is 53.4 Å². The van der Waals surface area contributed by atoms with Crippen LogP contribution in [0.4, 0.5) is 5.69 Å². The number of rotatable bonds is 6. The van der Waals surface area contributed by atoms with Gasteiger partial charge in [-0.15, -0.1) is 0 Å². The lowest BCUT2D eigenvalue weighted by atomic mass is 10.2. The van der Waals surface area contributed by atoms with Crippen molar-refractivity contribution in [3.05, 3.63) is 54.1 Å². The number of carbonyl (C=O) groups excluding carboxylic acids is 2. The van der Waals surface area contributed by atoms with Crippen molar-refractivity contribution in [2.24, 2.45) is 0 Å². The smallest absolute Gasteiger partial charge is 0.339 e. The van der Waals surface area contributed by atoms with Crippen molar-refractivity contribution >= 4 is 27.4 Å². The molecule has 0 aliphatic carbocycles. The fourth-order valence-electron chi connectivity index (χ4n) is 2.07. The van der Waals surface area contributed by atoms with Gasteiger partial charge in [-0.25, -0.2) is 13.2 Å². The topological polar surface area (TPSA) is 98.8 Å². The van der Waals surface area contributed by atoms with Crippen LogP contribution >= 0.6 is 0 Å². The second-order valence-corrected chi connectivity index (χ2v) is 7.11. The molecule has 2 rings (SSSR count).